The third kappa shape index (κ3) is 2.93. The van der Waals surface area contributed by atoms with E-state index < -0.39 is 0 Å². The SMILES string of the molecule is CC(c1ccc(F)cc1)N(C)C(=O)c1ccc2c(=O)ccoc2c1. The van der Waals surface area contributed by atoms with Crippen molar-refractivity contribution in [2.24, 2.45) is 0 Å². The molecule has 3 rings (SSSR count). The normalized spacial score (nSPS) is 12.1. The topological polar surface area (TPSA) is 50.5 Å². The predicted molar refractivity (Wildman–Crippen MR) is 89.4 cm³/mol. The molecule has 0 aliphatic carbocycles. The van der Waals surface area contributed by atoms with Crippen molar-refractivity contribution in [3.05, 3.63) is 82.0 Å². The molecule has 5 heteroatoms. The number of rotatable bonds is 3. The zero-order valence-corrected chi connectivity index (χ0v) is 13.3. The molecule has 0 fully saturated rings. The lowest BCUT2D eigenvalue weighted by Crippen LogP contribution is -2.29. The number of nitrogens with zero attached hydrogens (tertiary/aromatic N) is 1. The quantitative estimate of drug-likeness (QED) is 0.736. The molecule has 1 amide bonds. The molecular weight excluding hydrogens is 309 g/mol. The van der Waals surface area contributed by atoms with Gasteiger partial charge in [-0.1, -0.05) is 12.1 Å². The number of fused-ring (bicyclic) bond motifs is 1. The molecule has 0 saturated heterocycles. The molecule has 2 aromatic carbocycles. The first kappa shape index (κ1) is 15.9. The number of halogens is 1. The standard InChI is InChI=1S/C19H16FNO3/c1-12(13-3-6-15(20)7-4-13)21(2)19(23)14-5-8-16-17(22)9-10-24-18(16)11-14/h3-12H,1-2H3. The number of hydrogen-bond acceptors (Lipinski definition) is 3. The van der Waals surface area contributed by atoms with Gasteiger partial charge in [0.1, 0.15) is 11.4 Å². The smallest absolute Gasteiger partial charge is 0.254 e. The molecule has 0 N–H and O–H groups in total. The fourth-order valence-electron chi connectivity index (χ4n) is 2.56. The average Bonchev–Trinajstić information content (AvgIpc) is 2.60. The number of amides is 1. The summed E-state index contributed by atoms with van der Waals surface area (Å²) in [7, 11) is 1.68. The highest BCUT2D eigenvalue weighted by Crippen LogP contribution is 2.22. The zero-order chi connectivity index (χ0) is 17.3. The van der Waals surface area contributed by atoms with E-state index in [0.29, 0.717) is 16.5 Å². The Morgan fingerprint density at radius 1 is 1.12 bits per heavy atom. The van der Waals surface area contributed by atoms with E-state index >= 15 is 0 Å². The monoisotopic (exact) mass is 325 g/mol. The Morgan fingerprint density at radius 2 is 1.83 bits per heavy atom. The van der Waals surface area contributed by atoms with Crippen LogP contribution in [0.3, 0.4) is 0 Å². The van der Waals surface area contributed by atoms with Gasteiger partial charge in [-0.2, -0.15) is 0 Å². The molecule has 122 valence electrons. The summed E-state index contributed by atoms with van der Waals surface area (Å²) in [6.45, 7) is 1.87. The van der Waals surface area contributed by atoms with Crippen molar-refractivity contribution < 1.29 is 13.6 Å². The van der Waals surface area contributed by atoms with Gasteiger partial charge in [-0.05, 0) is 42.8 Å². The molecule has 0 aliphatic heterocycles. The van der Waals surface area contributed by atoms with Gasteiger partial charge in [0.15, 0.2) is 5.43 Å². The van der Waals surface area contributed by atoms with E-state index in [1.807, 2.05) is 6.92 Å². The van der Waals surface area contributed by atoms with Crippen LogP contribution in [0.1, 0.15) is 28.9 Å². The predicted octanol–water partition coefficient (Wildman–Crippen LogP) is 3.77. The number of carbonyl (C=O) groups excluding carboxylic acids is 1. The third-order valence-corrected chi connectivity index (χ3v) is 4.16. The summed E-state index contributed by atoms with van der Waals surface area (Å²) in [6.07, 6.45) is 1.31. The molecule has 0 radical (unpaired) electrons. The van der Waals surface area contributed by atoms with Crippen molar-refractivity contribution in [3.8, 4) is 0 Å². The lowest BCUT2D eigenvalue weighted by Gasteiger charge is -2.25. The van der Waals surface area contributed by atoms with Crippen LogP contribution in [-0.4, -0.2) is 17.9 Å². The molecule has 1 aromatic heterocycles. The molecule has 1 atom stereocenters. The third-order valence-electron chi connectivity index (χ3n) is 4.16. The van der Waals surface area contributed by atoms with Crippen molar-refractivity contribution in [2.75, 3.05) is 7.05 Å². The van der Waals surface area contributed by atoms with E-state index in [9.17, 15) is 14.0 Å². The fourth-order valence-corrected chi connectivity index (χ4v) is 2.56. The Bertz CT molecular complexity index is 947. The number of hydrogen-bond donors (Lipinski definition) is 0. The first-order valence-corrected chi connectivity index (χ1v) is 7.51. The summed E-state index contributed by atoms with van der Waals surface area (Å²) >= 11 is 0. The highest BCUT2D eigenvalue weighted by Gasteiger charge is 2.19. The number of benzene rings is 2. The Hall–Kier alpha value is -2.95. The van der Waals surface area contributed by atoms with Crippen LogP contribution < -0.4 is 5.43 Å². The van der Waals surface area contributed by atoms with E-state index in [1.54, 1.807) is 42.3 Å². The lowest BCUT2D eigenvalue weighted by atomic mass is 10.1. The van der Waals surface area contributed by atoms with Crippen molar-refractivity contribution in [3.63, 3.8) is 0 Å². The van der Waals surface area contributed by atoms with Gasteiger partial charge in [-0.25, -0.2) is 4.39 Å². The largest absolute Gasteiger partial charge is 0.464 e. The molecular formula is C19H16FNO3. The minimum Gasteiger partial charge on any atom is -0.464 e. The summed E-state index contributed by atoms with van der Waals surface area (Å²) < 4.78 is 18.3. The second-order valence-electron chi connectivity index (χ2n) is 5.64. The summed E-state index contributed by atoms with van der Waals surface area (Å²) in [5.41, 5.74) is 1.48. The Morgan fingerprint density at radius 3 is 2.54 bits per heavy atom. The fraction of sp³-hybridized carbons (Fsp3) is 0.158. The minimum atomic E-state index is -0.315. The van der Waals surface area contributed by atoms with Gasteiger partial charge >= 0.3 is 0 Å². The van der Waals surface area contributed by atoms with E-state index in [-0.39, 0.29) is 23.2 Å². The van der Waals surface area contributed by atoms with Gasteiger partial charge < -0.3 is 9.32 Å². The molecule has 3 aromatic rings. The second-order valence-corrected chi connectivity index (χ2v) is 5.64. The van der Waals surface area contributed by atoms with Crippen molar-refractivity contribution in [1.29, 1.82) is 0 Å². The maximum Gasteiger partial charge on any atom is 0.254 e. The van der Waals surface area contributed by atoms with Crippen LogP contribution in [0.4, 0.5) is 4.39 Å². The molecule has 1 unspecified atom stereocenters. The summed E-state index contributed by atoms with van der Waals surface area (Å²) in [5.74, 6) is -0.523. The second kappa shape index (κ2) is 6.28. The molecule has 0 bridgehead atoms. The molecule has 1 heterocycles. The summed E-state index contributed by atoms with van der Waals surface area (Å²) in [4.78, 5) is 26.0. The van der Waals surface area contributed by atoms with Crippen LogP contribution in [0.2, 0.25) is 0 Å². The van der Waals surface area contributed by atoms with Gasteiger partial charge in [0.2, 0.25) is 0 Å². The van der Waals surface area contributed by atoms with Gasteiger partial charge in [0, 0.05) is 18.7 Å². The zero-order valence-electron chi connectivity index (χ0n) is 13.3. The van der Waals surface area contributed by atoms with E-state index in [2.05, 4.69) is 0 Å². The molecule has 0 saturated carbocycles. The van der Waals surface area contributed by atoms with Gasteiger partial charge in [-0.3, -0.25) is 9.59 Å². The maximum atomic E-state index is 13.0. The van der Waals surface area contributed by atoms with Crippen LogP contribution in [-0.2, 0) is 0 Å². The average molecular weight is 325 g/mol. The van der Waals surface area contributed by atoms with Crippen molar-refractivity contribution in [1.82, 2.24) is 4.90 Å². The molecule has 4 nitrogen and oxygen atoms in total. The van der Waals surface area contributed by atoms with Gasteiger partial charge in [-0.15, -0.1) is 0 Å². The molecule has 0 aliphatic rings. The lowest BCUT2D eigenvalue weighted by molar-refractivity contribution is 0.0742. The first-order valence-electron chi connectivity index (χ1n) is 7.51. The van der Waals surface area contributed by atoms with E-state index in [0.717, 1.165) is 5.56 Å². The van der Waals surface area contributed by atoms with Gasteiger partial charge in [0.05, 0.1) is 17.7 Å². The van der Waals surface area contributed by atoms with Crippen molar-refractivity contribution in [2.45, 2.75) is 13.0 Å². The van der Waals surface area contributed by atoms with Crippen LogP contribution >= 0.6 is 0 Å². The molecule has 24 heavy (non-hydrogen) atoms. The maximum absolute atomic E-state index is 13.0. The Balaban J connectivity index is 1.90. The van der Waals surface area contributed by atoms with Crippen molar-refractivity contribution >= 4 is 16.9 Å². The van der Waals surface area contributed by atoms with Crippen LogP contribution in [0.15, 0.2) is 64.0 Å². The first-order chi connectivity index (χ1) is 11.5. The summed E-state index contributed by atoms with van der Waals surface area (Å²) in [5, 5.41) is 0.434. The Kier molecular flexibility index (Phi) is 4.16. The van der Waals surface area contributed by atoms with Crippen LogP contribution in [0.5, 0.6) is 0 Å². The van der Waals surface area contributed by atoms with Gasteiger partial charge in [0.25, 0.3) is 5.91 Å². The van der Waals surface area contributed by atoms with E-state index in [1.165, 1.54) is 24.5 Å². The van der Waals surface area contributed by atoms with E-state index in [4.69, 9.17) is 4.42 Å². The van der Waals surface area contributed by atoms with Crippen LogP contribution in [0.25, 0.3) is 11.0 Å². The highest BCUT2D eigenvalue weighted by atomic mass is 19.1. The highest BCUT2D eigenvalue weighted by molar-refractivity contribution is 5.97. The summed E-state index contributed by atoms with van der Waals surface area (Å²) in [6, 6.07) is 11.9. The minimum absolute atomic E-state index is 0.150. The molecule has 0 spiro atoms. The Labute approximate surface area is 138 Å². The van der Waals surface area contributed by atoms with Crippen LogP contribution in [0, 0.1) is 5.82 Å². The number of carbonyl (C=O) groups is 1.